The Balaban J connectivity index is 1.57. The molecule has 8 nitrogen and oxygen atoms in total. The van der Waals surface area contributed by atoms with Crippen LogP contribution in [-0.2, 0) is 27.9 Å². The van der Waals surface area contributed by atoms with Crippen molar-refractivity contribution in [2.45, 2.75) is 30.8 Å². The normalized spacial score (nSPS) is 11.8. The van der Waals surface area contributed by atoms with Crippen LogP contribution < -0.4 is 5.32 Å². The standard InChI is InChI=1S/C19H23N5O3S/c1-23(2)28(26,27)16-10-11-18-17(13-16)21-22-24(18)12-6-9-19(25)20-14-15-7-4-3-5-8-15/h3-5,7-8,10-11,13H,6,9,12,14H2,1-2H3,(H,20,25). The number of amides is 1. The predicted molar refractivity (Wildman–Crippen MR) is 106 cm³/mol. The van der Waals surface area contributed by atoms with Crippen molar-refractivity contribution in [1.29, 1.82) is 0 Å². The van der Waals surface area contributed by atoms with Crippen LogP contribution in [0.5, 0.6) is 0 Å². The molecular weight excluding hydrogens is 378 g/mol. The molecule has 0 aliphatic rings. The minimum atomic E-state index is -3.51. The van der Waals surface area contributed by atoms with Crippen molar-refractivity contribution in [2.24, 2.45) is 0 Å². The Morgan fingerprint density at radius 3 is 2.61 bits per heavy atom. The van der Waals surface area contributed by atoms with Crippen LogP contribution in [0.2, 0.25) is 0 Å². The first-order valence-electron chi connectivity index (χ1n) is 8.94. The van der Waals surface area contributed by atoms with Gasteiger partial charge in [0.2, 0.25) is 15.9 Å². The number of sulfonamides is 1. The van der Waals surface area contributed by atoms with E-state index in [0.29, 0.717) is 31.4 Å². The lowest BCUT2D eigenvalue weighted by molar-refractivity contribution is -0.121. The first kappa shape index (κ1) is 20.0. The molecule has 28 heavy (non-hydrogen) atoms. The van der Waals surface area contributed by atoms with E-state index in [1.54, 1.807) is 16.8 Å². The van der Waals surface area contributed by atoms with Crippen LogP contribution in [0.25, 0.3) is 11.0 Å². The molecular formula is C19H23N5O3S. The molecule has 0 atom stereocenters. The van der Waals surface area contributed by atoms with Crippen molar-refractivity contribution in [2.75, 3.05) is 14.1 Å². The largest absolute Gasteiger partial charge is 0.352 e. The summed E-state index contributed by atoms with van der Waals surface area (Å²) in [5.41, 5.74) is 2.31. The number of nitrogens with zero attached hydrogens (tertiary/aromatic N) is 4. The lowest BCUT2D eigenvalue weighted by Crippen LogP contribution is -2.22. The molecule has 9 heteroatoms. The summed E-state index contributed by atoms with van der Waals surface area (Å²) in [6.45, 7) is 1.03. The third kappa shape index (κ3) is 4.55. The number of fused-ring (bicyclic) bond motifs is 1. The van der Waals surface area contributed by atoms with Crippen LogP contribution in [0, 0.1) is 0 Å². The summed E-state index contributed by atoms with van der Waals surface area (Å²) in [6, 6.07) is 14.5. The number of nitrogens with one attached hydrogen (secondary N) is 1. The summed E-state index contributed by atoms with van der Waals surface area (Å²) in [4.78, 5) is 12.2. The van der Waals surface area contributed by atoms with Crippen LogP contribution in [0.1, 0.15) is 18.4 Å². The minimum Gasteiger partial charge on any atom is -0.352 e. The first-order valence-corrected chi connectivity index (χ1v) is 10.4. The van der Waals surface area contributed by atoms with Crippen LogP contribution in [0.3, 0.4) is 0 Å². The highest BCUT2D eigenvalue weighted by molar-refractivity contribution is 7.89. The first-order chi connectivity index (χ1) is 13.4. The fourth-order valence-electron chi connectivity index (χ4n) is 2.76. The van der Waals surface area contributed by atoms with Gasteiger partial charge in [-0.1, -0.05) is 35.5 Å². The highest BCUT2D eigenvalue weighted by Gasteiger charge is 2.18. The third-order valence-electron chi connectivity index (χ3n) is 4.37. The van der Waals surface area contributed by atoms with E-state index < -0.39 is 10.0 Å². The van der Waals surface area contributed by atoms with Gasteiger partial charge in [-0.2, -0.15) is 0 Å². The van der Waals surface area contributed by atoms with E-state index in [9.17, 15) is 13.2 Å². The number of carbonyl (C=O) groups is 1. The molecule has 0 spiro atoms. The molecule has 148 valence electrons. The molecule has 0 saturated carbocycles. The van der Waals surface area contributed by atoms with Gasteiger partial charge in [-0.05, 0) is 30.2 Å². The second-order valence-electron chi connectivity index (χ2n) is 6.62. The van der Waals surface area contributed by atoms with E-state index in [2.05, 4.69) is 15.6 Å². The van der Waals surface area contributed by atoms with E-state index in [1.165, 1.54) is 20.2 Å². The molecule has 1 N–H and O–H groups in total. The summed E-state index contributed by atoms with van der Waals surface area (Å²) in [5, 5.41) is 11.0. The zero-order valence-corrected chi connectivity index (χ0v) is 16.7. The second-order valence-corrected chi connectivity index (χ2v) is 8.77. The van der Waals surface area contributed by atoms with Crippen molar-refractivity contribution in [3.05, 3.63) is 54.1 Å². The number of hydrogen-bond acceptors (Lipinski definition) is 5. The van der Waals surface area contributed by atoms with Gasteiger partial charge in [-0.25, -0.2) is 17.4 Å². The van der Waals surface area contributed by atoms with E-state index in [1.807, 2.05) is 30.3 Å². The summed E-state index contributed by atoms with van der Waals surface area (Å²) in [6.07, 6.45) is 0.984. The van der Waals surface area contributed by atoms with Gasteiger partial charge < -0.3 is 5.32 Å². The van der Waals surface area contributed by atoms with Gasteiger partial charge in [-0.15, -0.1) is 5.10 Å². The van der Waals surface area contributed by atoms with Crippen molar-refractivity contribution >= 4 is 27.0 Å². The number of hydrogen-bond donors (Lipinski definition) is 1. The van der Waals surface area contributed by atoms with E-state index in [0.717, 1.165) is 15.4 Å². The van der Waals surface area contributed by atoms with Gasteiger partial charge >= 0.3 is 0 Å². The molecule has 1 heterocycles. The van der Waals surface area contributed by atoms with E-state index in [-0.39, 0.29) is 10.8 Å². The fourth-order valence-corrected chi connectivity index (χ4v) is 3.68. The average molecular weight is 401 g/mol. The van der Waals surface area contributed by atoms with Crippen molar-refractivity contribution < 1.29 is 13.2 Å². The molecule has 3 rings (SSSR count). The zero-order chi connectivity index (χ0) is 20.1. The molecule has 0 aliphatic heterocycles. The second kappa shape index (κ2) is 8.49. The molecule has 0 saturated heterocycles. The summed E-state index contributed by atoms with van der Waals surface area (Å²) < 4.78 is 27.3. The highest BCUT2D eigenvalue weighted by Crippen LogP contribution is 2.19. The molecule has 0 aliphatic carbocycles. The Labute approximate surface area is 164 Å². The molecule has 2 aromatic carbocycles. The smallest absolute Gasteiger partial charge is 0.242 e. The number of carbonyl (C=O) groups excluding carboxylic acids is 1. The average Bonchev–Trinajstić information content (AvgIpc) is 3.09. The molecule has 1 aromatic heterocycles. The van der Waals surface area contributed by atoms with E-state index >= 15 is 0 Å². The van der Waals surface area contributed by atoms with Gasteiger partial charge in [0, 0.05) is 33.6 Å². The van der Waals surface area contributed by atoms with Gasteiger partial charge in [0.25, 0.3) is 0 Å². The third-order valence-corrected chi connectivity index (χ3v) is 6.18. The minimum absolute atomic E-state index is 0.0207. The van der Waals surface area contributed by atoms with E-state index in [4.69, 9.17) is 0 Å². The Morgan fingerprint density at radius 1 is 1.14 bits per heavy atom. The Morgan fingerprint density at radius 2 is 1.89 bits per heavy atom. The lowest BCUT2D eigenvalue weighted by Gasteiger charge is -2.11. The predicted octanol–water partition coefficient (Wildman–Crippen LogP) is 1.78. The van der Waals surface area contributed by atoms with Crippen molar-refractivity contribution in [3.8, 4) is 0 Å². The number of aryl methyl sites for hydroxylation is 1. The Bertz CT molecular complexity index is 1060. The van der Waals surface area contributed by atoms with Crippen LogP contribution in [-0.4, -0.2) is 47.7 Å². The number of benzene rings is 2. The lowest BCUT2D eigenvalue weighted by atomic mass is 10.2. The maximum absolute atomic E-state index is 12.2. The van der Waals surface area contributed by atoms with Crippen LogP contribution in [0.4, 0.5) is 0 Å². The molecule has 0 fully saturated rings. The fraction of sp³-hybridized carbons (Fsp3) is 0.316. The quantitative estimate of drug-likeness (QED) is 0.621. The number of rotatable bonds is 8. The maximum Gasteiger partial charge on any atom is 0.242 e. The number of aromatic nitrogens is 3. The monoisotopic (exact) mass is 401 g/mol. The Kier molecular flexibility index (Phi) is 6.05. The van der Waals surface area contributed by atoms with Gasteiger partial charge in [0.15, 0.2) is 0 Å². The molecule has 0 unspecified atom stereocenters. The highest BCUT2D eigenvalue weighted by atomic mass is 32.2. The maximum atomic E-state index is 12.2. The summed E-state index contributed by atoms with van der Waals surface area (Å²) >= 11 is 0. The van der Waals surface area contributed by atoms with Crippen LogP contribution in [0.15, 0.2) is 53.4 Å². The molecule has 0 radical (unpaired) electrons. The van der Waals surface area contributed by atoms with Crippen molar-refractivity contribution in [1.82, 2.24) is 24.6 Å². The molecule has 1 amide bonds. The van der Waals surface area contributed by atoms with Gasteiger partial charge in [0.1, 0.15) is 5.52 Å². The zero-order valence-electron chi connectivity index (χ0n) is 15.9. The molecule has 3 aromatic rings. The van der Waals surface area contributed by atoms with Gasteiger partial charge in [-0.3, -0.25) is 4.79 Å². The van der Waals surface area contributed by atoms with Crippen LogP contribution >= 0.6 is 0 Å². The van der Waals surface area contributed by atoms with Crippen molar-refractivity contribution in [3.63, 3.8) is 0 Å². The summed E-state index contributed by atoms with van der Waals surface area (Å²) in [5.74, 6) is -0.0207. The Hall–Kier alpha value is -2.78. The summed E-state index contributed by atoms with van der Waals surface area (Å²) in [7, 11) is -0.542. The topological polar surface area (TPSA) is 97.2 Å². The SMILES string of the molecule is CN(C)S(=O)(=O)c1ccc2c(c1)nnn2CCCC(=O)NCc1ccccc1. The van der Waals surface area contributed by atoms with Gasteiger partial charge in [0.05, 0.1) is 10.4 Å². The molecule has 0 bridgehead atoms.